The lowest BCUT2D eigenvalue weighted by atomic mass is 10.2. The van der Waals surface area contributed by atoms with Gasteiger partial charge in [0.2, 0.25) is 0 Å². The summed E-state index contributed by atoms with van der Waals surface area (Å²) in [4.78, 5) is 26.1. The molecule has 0 fully saturated rings. The Labute approximate surface area is 159 Å². The lowest BCUT2D eigenvalue weighted by Gasteiger charge is -2.18. The van der Waals surface area contributed by atoms with E-state index in [0.717, 1.165) is 24.1 Å². The lowest BCUT2D eigenvalue weighted by molar-refractivity contribution is 0.102. The van der Waals surface area contributed by atoms with Crippen molar-refractivity contribution in [3.8, 4) is 0 Å². The van der Waals surface area contributed by atoms with E-state index in [2.05, 4.69) is 20.3 Å². The zero-order valence-electron chi connectivity index (χ0n) is 14.9. The minimum Gasteiger partial charge on any atom is -0.359 e. The molecule has 0 atom stereocenters. The Morgan fingerprint density at radius 1 is 1.07 bits per heavy atom. The van der Waals surface area contributed by atoms with Crippen molar-refractivity contribution in [1.29, 1.82) is 0 Å². The van der Waals surface area contributed by atoms with Crippen LogP contribution in [0.25, 0.3) is 0 Å². The normalized spacial score (nSPS) is 10.6. The largest absolute Gasteiger partial charge is 0.359 e. The molecule has 1 amide bonds. The number of anilines is 2. The van der Waals surface area contributed by atoms with Crippen LogP contribution in [0.15, 0.2) is 49.1 Å². The van der Waals surface area contributed by atoms with Crippen LogP contribution in [0.3, 0.4) is 0 Å². The fourth-order valence-corrected chi connectivity index (χ4v) is 2.45. The van der Waals surface area contributed by atoms with Crippen LogP contribution >= 0.6 is 0 Å². The Morgan fingerprint density at radius 2 is 1.82 bits per heavy atom. The number of hydrogen-bond donors (Lipinski definition) is 1. The minimum absolute atomic E-state index is 0.0371. The van der Waals surface area contributed by atoms with Crippen LogP contribution in [0.1, 0.15) is 16.1 Å². The van der Waals surface area contributed by atoms with Gasteiger partial charge in [0.15, 0.2) is 17.5 Å². The Balaban J connectivity index is 1.70. The highest BCUT2D eigenvalue weighted by molar-refractivity contribution is 6.03. The average Bonchev–Trinajstić information content (AvgIpc) is 2.73. The molecular formula is C19H16F3N5O. The lowest BCUT2D eigenvalue weighted by Crippen LogP contribution is -2.23. The molecule has 9 heteroatoms. The molecule has 2 heterocycles. The van der Waals surface area contributed by atoms with Gasteiger partial charge in [-0.15, -0.1) is 0 Å². The number of amides is 1. The van der Waals surface area contributed by atoms with Gasteiger partial charge in [-0.2, -0.15) is 0 Å². The van der Waals surface area contributed by atoms with Crippen LogP contribution in [0.4, 0.5) is 24.7 Å². The topological polar surface area (TPSA) is 71.0 Å². The molecule has 28 heavy (non-hydrogen) atoms. The second-order valence-corrected chi connectivity index (χ2v) is 5.97. The van der Waals surface area contributed by atoms with E-state index in [0.29, 0.717) is 12.4 Å². The van der Waals surface area contributed by atoms with Crippen molar-refractivity contribution in [2.24, 2.45) is 0 Å². The summed E-state index contributed by atoms with van der Waals surface area (Å²) < 4.78 is 40.0. The van der Waals surface area contributed by atoms with Gasteiger partial charge in [0.1, 0.15) is 17.8 Å². The van der Waals surface area contributed by atoms with Crippen molar-refractivity contribution >= 4 is 17.4 Å². The standard InChI is InChI=1S/C19H16F3N5O/c1-27(9-6-12-4-7-23-8-5-12)16-10-15(24-11-25-16)19(28)26-14-3-2-13(20)17(21)18(14)22/h2-5,7-8,10-11H,6,9H2,1H3,(H,26,28). The van der Waals surface area contributed by atoms with Crippen LogP contribution in [-0.2, 0) is 6.42 Å². The summed E-state index contributed by atoms with van der Waals surface area (Å²) in [5.74, 6) is -4.75. The minimum atomic E-state index is -1.66. The second-order valence-electron chi connectivity index (χ2n) is 5.97. The second kappa shape index (κ2) is 8.47. The van der Waals surface area contributed by atoms with Crippen molar-refractivity contribution in [3.05, 3.63) is 77.8 Å². The van der Waals surface area contributed by atoms with Gasteiger partial charge >= 0.3 is 0 Å². The molecule has 0 spiro atoms. The summed E-state index contributed by atoms with van der Waals surface area (Å²) in [6.07, 6.45) is 5.36. The molecule has 0 bridgehead atoms. The SMILES string of the molecule is CN(CCc1ccncc1)c1cc(C(=O)Nc2ccc(F)c(F)c2F)ncn1. The van der Waals surface area contributed by atoms with Crippen molar-refractivity contribution in [2.75, 3.05) is 23.8 Å². The first-order valence-electron chi connectivity index (χ1n) is 8.32. The molecular weight excluding hydrogens is 371 g/mol. The van der Waals surface area contributed by atoms with Crippen LogP contribution in [0.2, 0.25) is 0 Å². The fraction of sp³-hybridized carbons (Fsp3) is 0.158. The molecule has 0 unspecified atom stereocenters. The molecule has 0 aliphatic rings. The van der Waals surface area contributed by atoms with Crippen LogP contribution in [0.5, 0.6) is 0 Å². The van der Waals surface area contributed by atoms with Gasteiger partial charge < -0.3 is 10.2 Å². The van der Waals surface area contributed by atoms with E-state index in [1.165, 1.54) is 12.4 Å². The van der Waals surface area contributed by atoms with E-state index in [4.69, 9.17) is 0 Å². The Bertz CT molecular complexity index is 985. The number of nitrogens with one attached hydrogen (secondary N) is 1. The molecule has 144 valence electrons. The summed E-state index contributed by atoms with van der Waals surface area (Å²) in [7, 11) is 1.81. The average molecular weight is 387 g/mol. The van der Waals surface area contributed by atoms with Crippen molar-refractivity contribution in [1.82, 2.24) is 15.0 Å². The summed E-state index contributed by atoms with van der Waals surface area (Å²) in [6, 6.07) is 6.91. The predicted octanol–water partition coefficient (Wildman–Crippen LogP) is 3.22. The number of hydrogen-bond acceptors (Lipinski definition) is 5. The third kappa shape index (κ3) is 4.43. The van der Waals surface area contributed by atoms with E-state index in [9.17, 15) is 18.0 Å². The summed E-state index contributed by atoms with van der Waals surface area (Å²) in [5.41, 5.74) is 0.586. The Hall–Kier alpha value is -3.49. The predicted molar refractivity (Wildman–Crippen MR) is 97.5 cm³/mol. The zero-order valence-corrected chi connectivity index (χ0v) is 14.9. The van der Waals surface area contributed by atoms with Crippen molar-refractivity contribution in [3.63, 3.8) is 0 Å². The first kappa shape index (κ1) is 19.3. The number of pyridine rings is 1. The maximum Gasteiger partial charge on any atom is 0.274 e. The number of benzene rings is 1. The quantitative estimate of drug-likeness (QED) is 0.658. The molecule has 0 aliphatic carbocycles. The first-order chi connectivity index (χ1) is 13.5. The molecule has 0 saturated heterocycles. The van der Waals surface area contributed by atoms with Gasteiger partial charge in [-0.3, -0.25) is 9.78 Å². The number of halogens is 3. The first-order valence-corrected chi connectivity index (χ1v) is 8.32. The third-order valence-electron chi connectivity index (χ3n) is 4.05. The molecule has 2 aromatic heterocycles. The monoisotopic (exact) mass is 387 g/mol. The van der Waals surface area contributed by atoms with E-state index in [-0.39, 0.29) is 5.69 Å². The zero-order chi connectivity index (χ0) is 20.1. The number of rotatable bonds is 6. The molecule has 0 aliphatic heterocycles. The van der Waals surface area contributed by atoms with E-state index < -0.39 is 29.0 Å². The van der Waals surface area contributed by atoms with E-state index in [1.54, 1.807) is 19.4 Å². The highest BCUT2D eigenvalue weighted by Gasteiger charge is 2.17. The molecule has 1 N–H and O–H groups in total. The maximum atomic E-state index is 13.7. The van der Waals surface area contributed by atoms with Gasteiger partial charge in [-0.05, 0) is 36.2 Å². The number of likely N-dealkylation sites (N-methyl/N-ethyl adjacent to an activating group) is 1. The van der Waals surface area contributed by atoms with Crippen LogP contribution in [-0.4, -0.2) is 34.5 Å². The summed E-state index contributed by atoms with van der Waals surface area (Å²) in [6.45, 7) is 0.625. The molecule has 0 saturated carbocycles. The highest BCUT2D eigenvalue weighted by atomic mass is 19.2. The number of carbonyl (C=O) groups excluding carboxylic acids is 1. The van der Waals surface area contributed by atoms with Gasteiger partial charge in [0.05, 0.1) is 5.69 Å². The summed E-state index contributed by atoms with van der Waals surface area (Å²) >= 11 is 0. The summed E-state index contributed by atoms with van der Waals surface area (Å²) in [5, 5.41) is 2.18. The molecule has 3 aromatic rings. The number of carbonyl (C=O) groups is 1. The molecule has 1 aromatic carbocycles. The van der Waals surface area contributed by atoms with Gasteiger partial charge in [-0.1, -0.05) is 0 Å². The van der Waals surface area contributed by atoms with Gasteiger partial charge in [0, 0.05) is 32.1 Å². The van der Waals surface area contributed by atoms with Gasteiger partial charge in [-0.25, -0.2) is 23.1 Å². The third-order valence-corrected chi connectivity index (χ3v) is 4.05. The van der Waals surface area contributed by atoms with Crippen molar-refractivity contribution < 1.29 is 18.0 Å². The van der Waals surface area contributed by atoms with E-state index in [1.807, 2.05) is 17.0 Å². The van der Waals surface area contributed by atoms with E-state index >= 15 is 0 Å². The molecule has 6 nitrogen and oxygen atoms in total. The highest BCUT2D eigenvalue weighted by Crippen LogP contribution is 2.20. The van der Waals surface area contributed by atoms with Gasteiger partial charge in [0.25, 0.3) is 5.91 Å². The van der Waals surface area contributed by atoms with Crippen molar-refractivity contribution in [2.45, 2.75) is 6.42 Å². The maximum absolute atomic E-state index is 13.7. The smallest absolute Gasteiger partial charge is 0.274 e. The van der Waals surface area contributed by atoms with Crippen LogP contribution in [0, 0.1) is 17.5 Å². The fourth-order valence-electron chi connectivity index (χ4n) is 2.45. The number of aromatic nitrogens is 3. The molecule has 0 radical (unpaired) electrons. The Kier molecular flexibility index (Phi) is 5.83. The number of nitrogens with zero attached hydrogens (tertiary/aromatic N) is 4. The Morgan fingerprint density at radius 3 is 2.57 bits per heavy atom. The van der Waals surface area contributed by atoms with Crippen LogP contribution < -0.4 is 10.2 Å². The molecule has 3 rings (SSSR count).